The van der Waals surface area contributed by atoms with Crippen molar-refractivity contribution in [1.82, 2.24) is 0 Å². The van der Waals surface area contributed by atoms with E-state index in [0.29, 0.717) is 0 Å². The van der Waals surface area contributed by atoms with Gasteiger partial charge in [-0.3, -0.25) is 0 Å². The van der Waals surface area contributed by atoms with E-state index in [2.05, 4.69) is 25.4 Å². The van der Waals surface area contributed by atoms with Gasteiger partial charge in [0.25, 0.3) is 0 Å². The van der Waals surface area contributed by atoms with Gasteiger partial charge in [-0.05, 0) is 0 Å². The van der Waals surface area contributed by atoms with Crippen molar-refractivity contribution in [2.45, 2.75) is 67.1 Å². The van der Waals surface area contributed by atoms with Gasteiger partial charge in [0.15, 0.2) is 0 Å². The zero-order valence-corrected chi connectivity index (χ0v) is 14.8. The van der Waals surface area contributed by atoms with Crippen LogP contribution >= 0.6 is 0 Å². The van der Waals surface area contributed by atoms with Crippen LogP contribution in [0.2, 0.25) is 0 Å². The molecule has 13 heteroatoms. The van der Waals surface area contributed by atoms with Gasteiger partial charge in [0.2, 0.25) is 0 Å². The van der Waals surface area contributed by atoms with Crippen molar-refractivity contribution < 1.29 is 75.8 Å². The summed E-state index contributed by atoms with van der Waals surface area (Å²) in [4.78, 5) is 32.4. The molecule has 0 saturated heterocycles. The van der Waals surface area contributed by atoms with Crippen LogP contribution in [0.3, 0.4) is 0 Å². The molecule has 0 amide bonds. The van der Waals surface area contributed by atoms with Crippen LogP contribution in [0.25, 0.3) is 0 Å². The van der Waals surface area contributed by atoms with Crippen molar-refractivity contribution in [2.24, 2.45) is 0 Å². The summed E-state index contributed by atoms with van der Waals surface area (Å²) in [6.07, 6.45) is -12.4. The number of carbonyl (C=O) groups is 2. The van der Waals surface area contributed by atoms with E-state index in [-0.39, 0.29) is 0 Å². The van der Waals surface area contributed by atoms with Gasteiger partial charge in [-0.15, -0.1) is 0 Å². The molecule has 0 aliphatic heterocycles. The molecule has 0 bridgehead atoms. The Labute approximate surface area is 159 Å². The predicted molar refractivity (Wildman–Crippen MR) is 77.0 cm³/mol. The summed E-state index contributed by atoms with van der Waals surface area (Å²) in [6.45, 7) is 0. The van der Waals surface area contributed by atoms with Crippen molar-refractivity contribution >= 4 is 16.4 Å². The third-order valence-corrected chi connectivity index (χ3v) is 5.44. The van der Waals surface area contributed by atoms with E-state index >= 15 is 0 Å². The molecule has 0 spiro atoms. The summed E-state index contributed by atoms with van der Waals surface area (Å²) in [5.74, 6) is -3.25. The van der Waals surface area contributed by atoms with Crippen LogP contribution in [-0.4, -0.2) is 105 Å². The van der Waals surface area contributed by atoms with Gasteiger partial charge in [0.05, 0.1) is 0 Å². The van der Waals surface area contributed by atoms with Gasteiger partial charge < -0.3 is 0 Å². The third-order valence-electron chi connectivity index (χ3n) is 4.65. The number of hydrogen-bond acceptors (Lipinski definition) is 12. The van der Waals surface area contributed by atoms with Gasteiger partial charge in [0.1, 0.15) is 0 Å². The first-order valence-electron chi connectivity index (χ1n) is 7.81. The van der Waals surface area contributed by atoms with E-state index in [1.165, 1.54) is 0 Å². The fraction of sp³-hybridized carbons (Fsp3) is 0.786. The molecule has 2 aliphatic rings. The quantitative estimate of drug-likeness (QED) is 0.116. The van der Waals surface area contributed by atoms with Crippen LogP contribution < -0.4 is 0 Å². The second-order valence-electron chi connectivity index (χ2n) is 6.71. The average molecular weight is 436 g/mol. The number of aliphatic hydroxyl groups excluding tert-OH is 6. The fourth-order valence-electron chi connectivity index (χ4n) is 2.96. The van der Waals surface area contributed by atoms with Crippen LogP contribution in [0.4, 0.5) is 0 Å². The minimum atomic E-state index is -2.69. The number of aliphatic hydroxyl groups is 8. The summed E-state index contributed by atoms with van der Waals surface area (Å²) in [7, 11) is 0. The Kier molecular flexibility index (Phi) is 6.44. The van der Waals surface area contributed by atoms with E-state index in [4.69, 9.17) is 0 Å². The van der Waals surface area contributed by atoms with E-state index in [9.17, 15) is 50.4 Å². The Bertz CT molecular complexity index is 613. The molecule has 27 heavy (non-hydrogen) atoms. The Hall–Kier alpha value is -0.991. The molecule has 2 rings (SSSR count). The Balaban J connectivity index is 2.04. The molecule has 2 saturated carbocycles. The molecule has 8 N–H and O–H groups in total. The molecule has 0 aromatic rings. The Morgan fingerprint density at radius 3 is 1.78 bits per heavy atom. The van der Waals surface area contributed by atoms with E-state index in [0.717, 1.165) is 0 Å². The van der Waals surface area contributed by atoms with Gasteiger partial charge in [-0.2, -0.15) is 0 Å². The summed E-state index contributed by atoms with van der Waals surface area (Å²) >= 11 is 3.26. The van der Waals surface area contributed by atoms with Crippen LogP contribution in [-0.2, 0) is 34.9 Å². The van der Waals surface area contributed by atoms with Crippen LogP contribution in [0.15, 0.2) is 0 Å². The molecule has 2 unspecified atom stereocenters. The van der Waals surface area contributed by atoms with Crippen molar-refractivity contribution in [1.29, 1.82) is 0 Å². The first-order chi connectivity index (χ1) is 12.3. The van der Waals surface area contributed by atoms with Crippen molar-refractivity contribution in [3.63, 3.8) is 0 Å². The van der Waals surface area contributed by atoms with Gasteiger partial charge >= 0.3 is 159 Å². The first-order valence-corrected chi connectivity index (χ1v) is 8.37. The fourth-order valence-corrected chi connectivity index (χ4v) is 3.37. The molecule has 6 atom stereocenters. The van der Waals surface area contributed by atoms with E-state index in [1.807, 2.05) is 0 Å². The third kappa shape index (κ3) is 4.07. The monoisotopic (exact) mass is 436 g/mol. The molecule has 0 heterocycles. The summed E-state index contributed by atoms with van der Waals surface area (Å²) in [5.41, 5.74) is -5.18. The topological polar surface area (TPSA) is 214 Å². The van der Waals surface area contributed by atoms with Crippen LogP contribution in [0.1, 0.15) is 19.3 Å². The van der Waals surface area contributed by atoms with Crippen LogP contribution in [0, 0.1) is 0 Å². The zero-order valence-electron chi connectivity index (χ0n) is 13.6. The second-order valence-corrected chi connectivity index (χ2v) is 7.30. The molecular weight excluding hydrogens is 416 g/mol. The zero-order chi connectivity index (χ0) is 20.7. The van der Waals surface area contributed by atoms with Gasteiger partial charge in [-0.1, -0.05) is 0 Å². The van der Waals surface area contributed by atoms with E-state index < -0.39 is 83.4 Å². The molecule has 0 radical (unpaired) electrons. The standard InChI is InChI=1S/C14H20O12.Fe/c15-5-1-13(23,2-6(16)9(5)19)11(21)25-26-12(22)14(24)3-7(17)10(20)8(18)4-14;/h5-10,15-20,23-24H,1-3H2;/t5-,6-,7-,8+,9?,10?,13?,14?;/m1./s1. The second kappa shape index (κ2) is 7.79. The maximum absolute atomic E-state index is 12.1. The van der Waals surface area contributed by atoms with Gasteiger partial charge in [-0.25, -0.2) is 0 Å². The van der Waals surface area contributed by atoms with Gasteiger partial charge in [0, 0.05) is 0 Å². The van der Waals surface area contributed by atoms with Crippen molar-refractivity contribution in [3.05, 3.63) is 0 Å². The predicted octanol–water partition coefficient (Wildman–Crippen LogP) is -5.47. The Morgan fingerprint density at radius 1 is 0.815 bits per heavy atom. The van der Waals surface area contributed by atoms with Crippen molar-refractivity contribution in [3.8, 4) is 0 Å². The first kappa shape index (κ1) is 22.3. The summed E-state index contributed by atoms with van der Waals surface area (Å²) in [6, 6.07) is 0. The number of rotatable bonds is 2. The molecule has 156 valence electrons. The minimum absolute atomic E-state index is 0.605. The molecule has 12 nitrogen and oxygen atoms in total. The van der Waals surface area contributed by atoms with Crippen LogP contribution in [0.5, 0.6) is 0 Å². The van der Waals surface area contributed by atoms with Crippen molar-refractivity contribution in [2.75, 3.05) is 0 Å². The summed E-state index contributed by atoms with van der Waals surface area (Å²) < 4.78 is -0.605. The van der Waals surface area contributed by atoms with E-state index in [1.54, 1.807) is 0 Å². The normalized spacial score (nSPS) is 45.3. The molecule has 2 fully saturated rings. The Morgan fingerprint density at radius 2 is 1.26 bits per heavy atom. The molecular formula is C14H20FeO12. The number of carbonyl (C=O) groups excluding carboxylic acids is 2. The summed E-state index contributed by atoms with van der Waals surface area (Å²) in [5, 5.41) is 77.8. The SMILES string of the molecule is O=C(OOC(=O)C1(O)C[C@@H](O)C(O)[C@@H](O)[C]1=[Fe])C1(O)C[C@@H](O)C(O)[C@H](O)C1. The molecule has 2 aliphatic carbocycles. The molecule has 0 aromatic heterocycles. The average Bonchev–Trinajstić information content (AvgIpc) is 2.60. The maximum atomic E-state index is 12.1. The molecule has 0 aromatic carbocycles. The number of hydrogen-bond donors (Lipinski definition) is 8.